The maximum atomic E-state index is 6.27. The number of piperidine rings is 1. The Hall–Kier alpha value is -0.730. The minimum Gasteiger partial charge on any atom is -0.369 e. The van der Waals surface area contributed by atoms with E-state index in [1.165, 1.54) is 17.7 Å². The van der Waals surface area contributed by atoms with Crippen LogP contribution in [0.2, 0.25) is 5.02 Å². The van der Waals surface area contributed by atoms with Crippen molar-refractivity contribution in [2.45, 2.75) is 18.4 Å². The Labute approximate surface area is 95.2 Å². The molecule has 0 radical (unpaired) electrons. The maximum absolute atomic E-state index is 6.27. The second kappa shape index (κ2) is 3.39. The second-order valence-corrected chi connectivity index (χ2v) is 4.86. The molecule has 3 rings (SSSR count). The van der Waals surface area contributed by atoms with Crippen molar-refractivity contribution in [3.8, 4) is 0 Å². The Morgan fingerprint density at radius 2 is 2.33 bits per heavy atom. The van der Waals surface area contributed by atoms with Crippen molar-refractivity contribution in [1.29, 1.82) is 0 Å². The third-order valence-electron chi connectivity index (χ3n) is 3.71. The Morgan fingerprint density at radius 1 is 1.47 bits per heavy atom. The number of halogens is 1. The first-order valence-corrected chi connectivity index (χ1v) is 5.89. The van der Waals surface area contributed by atoms with E-state index in [-0.39, 0.29) is 0 Å². The molecular weight excluding hydrogens is 208 g/mol. The molecule has 0 aromatic heterocycles. The summed E-state index contributed by atoms with van der Waals surface area (Å²) in [6.07, 6.45) is 1.21. The summed E-state index contributed by atoms with van der Waals surface area (Å²) in [6.45, 7) is 2.21. The average Bonchev–Trinajstić information content (AvgIpc) is 2.55. The zero-order valence-corrected chi connectivity index (χ0v) is 9.59. The Morgan fingerprint density at radius 3 is 3.20 bits per heavy atom. The van der Waals surface area contributed by atoms with Crippen LogP contribution in [-0.4, -0.2) is 26.2 Å². The Kier molecular flexibility index (Phi) is 2.15. The van der Waals surface area contributed by atoms with E-state index in [4.69, 9.17) is 11.6 Å². The van der Waals surface area contributed by atoms with Crippen LogP contribution in [0.3, 0.4) is 0 Å². The minimum absolute atomic E-state index is 0.623. The lowest BCUT2D eigenvalue weighted by molar-refractivity contribution is 0.413. The summed E-state index contributed by atoms with van der Waals surface area (Å²) in [5.74, 6) is 0.623. The first-order chi connectivity index (χ1) is 7.29. The van der Waals surface area contributed by atoms with E-state index in [2.05, 4.69) is 29.4 Å². The quantitative estimate of drug-likeness (QED) is 0.724. The molecule has 3 heteroatoms. The third-order valence-corrected chi connectivity index (χ3v) is 4.02. The molecule has 2 nitrogen and oxygen atoms in total. The lowest BCUT2D eigenvalue weighted by atomic mass is 9.90. The Balaban J connectivity index is 2.11. The van der Waals surface area contributed by atoms with Crippen molar-refractivity contribution >= 4 is 17.3 Å². The van der Waals surface area contributed by atoms with Gasteiger partial charge in [0.1, 0.15) is 0 Å². The topological polar surface area (TPSA) is 15.3 Å². The summed E-state index contributed by atoms with van der Waals surface area (Å²) in [4.78, 5) is 2.36. The molecule has 1 fully saturated rings. The summed E-state index contributed by atoms with van der Waals surface area (Å²) >= 11 is 6.27. The van der Waals surface area contributed by atoms with E-state index in [0.29, 0.717) is 12.0 Å². The molecule has 1 N–H and O–H groups in total. The van der Waals surface area contributed by atoms with Crippen LogP contribution < -0.4 is 10.2 Å². The maximum Gasteiger partial charge on any atom is 0.0642 e. The molecule has 2 atom stereocenters. The first-order valence-electron chi connectivity index (χ1n) is 5.51. The van der Waals surface area contributed by atoms with Crippen LogP contribution in [0.5, 0.6) is 0 Å². The molecule has 2 heterocycles. The van der Waals surface area contributed by atoms with Crippen molar-refractivity contribution in [2.24, 2.45) is 0 Å². The predicted molar refractivity (Wildman–Crippen MR) is 63.9 cm³/mol. The van der Waals surface area contributed by atoms with Gasteiger partial charge in [-0.15, -0.1) is 0 Å². The molecule has 80 valence electrons. The summed E-state index contributed by atoms with van der Waals surface area (Å²) in [7, 11) is 2.17. The zero-order chi connectivity index (χ0) is 10.4. The number of para-hydroxylation sites is 1. The molecule has 2 aliphatic rings. The molecule has 2 unspecified atom stereocenters. The van der Waals surface area contributed by atoms with Crippen molar-refractivity contribution < 1.29 is 0 Å². The van der Waals surface area contributed by atoms with Crippen molar-refractivity contribution in [2.75, 3.05) is 25.0 Å². The summed E-state index contributed by atoms with van der Waals surface area (Å²) in [5, 5.41) is 4.36. The number of rotatable bonds is 0. The van der Waals surface area contributed by atoms with E-state index >= 15 is 0 Å². The van der Waals surface area contributed by atoms with Crippen molar-refractivity contribution in [3.63, 3.8) is 0 Å². The summed E-state index contributed by atoms with van der Waals surface area (Å²) in [5.41, 5.74) is 2.67. The van der Waals surface area contributed by atoms with E-state index < -0.39 is 0 Å². The van der Waals surface area contributed by atoms with Gasteiger partial charge < -0.3 is 10.2 Å². The van der Waals surface area contributed by atoms with Crippen LogP contribution in [0.4, 0.5) is 5.69 Å². The van der Waals surface area contributed by atoms with Crippen LogP contribution in [0, 0.1) is 0 Å². The first kappa shape index (κ1) is 9.49. The van der Waals surface area contributed by atoms with Gasteiger partial charge in [-0.2, -0.15) is 0 Å². The highest BCUT2D eigenvalue weighted by molar-refractivity contribution is 6.33. The van der Waals surface area contributed by atoms with Gasteiger partial charge in [-0.05, 0) is 24.6 Å². The van der Waals surface area contributed by atoms with Gasteiger partial charge in [0.05, 0.1) is 10.7 Å². The number of nitrogens with zero attached hydrogens (tertiary/aromatic N) is 1. The van der Waals surface area contributed by atoms with Crippen LogP contribution in [0.1, 0.15) is 17.9 Å². The molecule has 1 saturated heterocycles. The van der Waals surface area contributed by atoms with Crippen molar-refractivity contribution in [3.05, 3.63) is 28.8 Å². The van der Waals surface area contributed by atoms with E-state index in [1.807, 2.05) is 6.07 Å². The normalized spacial score (nSPS) is 28.8. The smallest absolute Gasteiger partial charge is 0.0642 e. The molecule has 0 aliphatic carbocycles. The van der Waals surface area contributed by atoms with Gasteiger partial charge in [0.15, 0.2) is 0 Å². The summed E-state index contributed by atoms with van der Waals surface area (Å²) < 4.78 is 0. The fourth-order valence-corrected chi connectivity index (χ4v) is 3.31. The number of hydrogen-bond acceptors (Lipinski definition) is 2. The van der Waals surface area contributed by atoms with Crippen LogP contribution in [0.15, 0.2) is 18.2 Å². The van der Waals surface area contributed by atoms with E-state index in [0.717, 1.165) is 18.1 Å². The number of fused-ring (bicyclic) bond motifs is 3. The number of nitrogens with one attached hydrogen (secondary N) is 1. The summed E-state index contributed by atoms with van der Waals surface area (Å²) in [6, 6.07) is 6.91. The van der Waals surface area contributed by atoms with Gasteiger partial charge in [0.2, 0.25) is 0 Å². The lowest BCUT2D eigenvalue weighted by Crippen LogP contribution is -2.42. The fraction of sp³-hybridized carbons (Fsp3) is 0.500. The molecule has 0 amide bonds. The monoisotopic (exact) mass is 222 g/mol. The van der Waals surface area contributed by atoms with Gasteiger partial charge >= 0.3 is 0 Å². The Bertz CT molecular complexity index is 391. The van der Waals surface area contributed by atoms with Crippen LogP contribution >= 0.6 is 11.6 Å². The van der Waals surface area contributed by atoms with E-state index in [9.17, 15) is 0 Å². The number of hydrogen-bond donors (Lipinski definition) is 1. The number of anilines is 1. The molecule has 0 spiro atoms. The number of benzene rings is 1. The van der Waals surface area contributed by atoms with Crippen LogP contribution in [0.25, 0.3) is 0 Å². The molecule has 0 saturated carbocycles. The lowest BCUT2D eigenvalue weighted by Gasteiger charge is -2.31. The SMILES string of the molecule is CN1c2c(Cl)cccc2C2CNCCC21. The zero-order valence-electron chi connectivity index (χ0n) is 8.83. The largest absolute Gasteiger partial charge is 0.369 e. The predicted octanol–water partition coefficient (Wildman–Crippen LogP) is 2.24. The fourth-order valence-electron chi connectivity index (χ4n) is 2.99. The van der Waals surface area contributed by atoms with E-state index in [1.54, 1.807) is 0 Å². The molecule has 0 bridgehead atoms. The molecule has 2 aliphatic heterocycles. The highest BCUT2D eigenvalue weighted by atomic mass is 35.5. The van der Waals surface area contributed by atoms with Gasteiger partial charge in [-0.3, -0.25) is 0 Å². The highest BCUT2D eigenvalue weighted by Crippen LogP contribution is 2.45. The standard InChI is InChI=1S/C12H15ClN2/c1-15-11-5-6-14-7-9(11)8-3-2-4-10(13)12(8)15/h2-4,9,11,14H,5-7H2,1H3. The van der Waals surface area contributed by atoms with Crippen LogP contribution in [-0.2, 0) is 0 Å². The molecule has 1 aromatic rings. The number of likely N-dealkylation sites (N-methyl/N-ethyl adjacent to an activating group) is 1. The molecular formula is C12H15ClN2. The van der Waals surface area contributed by atoms with Crippen molar-refractivity contribution in [1.82, 2.24) is 5.32 Å². The van der Waals surface area contributed by atoms with Gasteiger partial charge in [-0.25, -0.2) is 0 Å². The minimum atomic E-state index is 0.623. The van der Waals surface area contributed by atoms with Gasteiger partial charge in [0, 0.05) is 25.6 Å². The highest BCUT2D eigenvalue weighted by Gasteiger charge is 2.38. The third kappa shape index (κ3) is 1.28. The second-order valence-electron chi connectivity index (χ2n) is 4.46. The van der Waals surface area contributed by atoms with Gasteiger partial charge in [-0.1, -0.05) is 23.7 Å². The molecule has 15 heavy (non-hydrogen) atoms. The molecule has 1 aromatic carbocycles. The van der Waals surface area contributed by atoms with Gasteiger partial charge in [0.25, 0.3) is 0 Å². The average molecular weight is 223 g/mol.